The van der Waals surface area contributed by atoms with Gasteiger partial charge in [0.25, 0.3) is 0 Å². The molecule has 1 heterocycles. The Labute approximate surface area is 241 Å². The van der Waals surface area contributed by atoms with Crippen LogP contribution in [-0.4, -0.2) is 35.7 Å². The second-order valence-electron chi connectivity index (χ2n) is 15.9. The van der Waals surface area contributed by atoms with E-state index in [0.29, 0.717) is 17.8 Å². The molecule has 7 rings (SSSR count). The summed E-state index contributed by atoms with van der Waals surface area (Å²) in [5.74, 6) is 5.86. The van der Waals surface area contributed by atoms with Gasteiger partial charge in [0.1, 0.15) is 17.8 Å². The molecule has 1 saturated heterocycles. The number of ether oxygens (including phenoxy) is 3. The highest BCUT2D eigenvalue weighted by Gasteiger charge is 2.68. The molecule has 12 atom stereocenters. The van der Waals surface area contributed by atoms with Gasteiger partial charge in [0.15, 0.2) is 0 Å². The number of carbonyl (C=O) groups is 3. The molecule has 224 valence electrons. The minimum atomic E-state index is -0.455. The van der Waals surface area contributed by atoms with E-state index in [1.54, 1.807) is 0 Å². The van der Waals surface area contributed by atoms with Crippen LogP contribution in [0.5, 0.6) is 0 Å². The van der Waals surface area contributed by atoms with Crippen molar-refractivity contribution in [3.05, 3.63) is 0 Å². The summed E-state index contributed by atoms with van der Waals surface area (Å²) >= 11 is 0. The molecule has 0 aromatic heterocycles. The van der Waals surface area contributed by atoms with Crippen LogP contribution in [0.2, 0.25) is 0 Å². The van der Waals surface area contributed by atoms with Gasteiger partial charge in [0, 0.05) is 17.8 Å². The molecule has 6 nitrogen and oxygen atoms in total. The van der Waals surface area contributed by atoms with Crippen LogP contribution in [0.15, 0.2) is 0 Å². The second kappa shape index (κ2) is 9.73. The molecule has 6 heteroatoms. The molecule has 0 radical (unpaired) electrons. The average Bonchev–Trinajstić information content (AvgIpc) is 3.77. The Hall–Kier alpha value is -1.59. The SMILES string of the molecule is CCC(C)(C)C(=O)OC1(CC)CC2CC1C1C3CCC(C3)C21.CCC(C)(C)C(=O)OC1C2CC3C(=O)OC1C3C2. The maximum atomic E-state index is 12.7. The molecule has 0 N–H and O–H groups in total. The van der Waals surface area contributed by atoms with E-state index in [9.17, 15) is 14.4 Å². The third-order valence-electron chi connectivity index (χ3n) is 13.3. The smallest absolute Gasteiger partial charge is 0.312 e. The molecule has 0 amide bonds. The molecule has 0 aromatic carbocycles. The summed E-state index contributed by atoms with van der Waals surface area (Å²) in [4.78, 5) is 36.5. The molecule has 0 spiro atoms. The number of fused-ring (bicyclic) bond motifs is 10. The van der Waals surface area contributed by atoms with Gasteiger partial charge in [-0.1, -0.05) is 20.8 Å². The molecule has 0 aromatic rings. The predicted octanol–water partition coefficient (Wildman–Crippen LogP) is 6.73. The maximum Gasteiger partial charge on any atom is 0.312 e. The van der Waals surface area contributed by atoms with Gasteiger partial charge < -0.3 is 14.2 Å². The van der Waals surface area contributed by atoms with Gasteiger partial charge in [-0.05, 0) is 121 Å². The van der Waals surface area contributed by atoms with Crippen LogP contribution >= 0.6 is 0 Å². The zero-order valence-corrected chi connectivity index (χ0v) is 25.9. The lowest BCUT2D eigenvalue weighted by Gasteiger charge is -2.46. The van der Waals surface area contributed by atoms with Crippen molar-refractivity contribution in [3.8, 4) is 0 Å². The van der Waals surface area contributed by atoms with Crippen LogP contribution in [0.3, 0.4) is 0 Å². The molecular formula is C34H52O6. The van der Waals surface area contributed by atoms with Crippen molar-refractivity contribution < 1.29 is 28.6 Å². The molecule has 40 heavy (non-hydrogen) atoms. The lowest BCUT2D eigenvalue weighted by atomic mass is 9.65. The first-order valence-corrected chi connectivity index (χ1v) is 16.5. The predicted molar refractivity (Wildman–Crippen MR) is 151 cm³/mol. The topological polar surface area (TPSA) is 78.9 Å². The first kappa shape index (κ1) is 28.5. The van der Waals surface area contributed by atoms with E-state index >= 15 is 0 Å². The standard InChI is InChI=1S/C20H32O2.C14H20O4/c1-5-19(3,4)18(21)22-20(6-2)11-14-10-15(20)17-13-8-7-12(9-13)16(14)17;1-4-14(2,3)13(16)18-10-7-5-8-9(6-7)12(15)17-11(8)10/h12-17H,5-11H2,1-4H3;7-11H,4-6H2,1-3H3. The summed E-state index contributed by atoms with van der Waals surface area (Å²) in [6, 6.07) is 0. The summed E-state index contributed by atoms with van der Waals surface area (Å²) in [6.45, 7) is 14.2. The second-order valence-corrected chi connectivity index (χ2v) is 15.9. The number of hydrogen-bond acceptors (Lipinski definition) is 6. The van der Waals surface area contributed by atoms with Crippen molar-refractivity contribution >= 4 is 17.9 Å². The van der Waals surface area contributed by atoms with Crippen molar-refractivity contribution in [3.63, 3.8) is 0 Å². The molecule has 6 aliphatic carbocycles. The van der Waals surface area contributed by atoms with Crippen molar-refractivity contribution in [2.75, 3.05) is 0 Å². The molecule has 1 aliphatic heterocycles. The van der Waals surface area contributed by atoms with E-state index < -0.39 is 5.41 Å². The molecule has 12 unspecified atom stereocenters. The lowest BCUT2D eigenvalue weighted by Crippen LogP contribution is -2.49. The third-order valence-corrected chi connectivity index (χ3v) is 13.3. The van der Waals surface area contributed by atoms with Gasteiger partial charge in [-0.15, -0.1) is 0 Å². The highest BCUT2D eigenvalue weighted by Crippen LogP contribution is 2.71. The Kier molecular flexibility index (Phi) is 6.94. The van der Waals surface area contributed by atoms with Crippen LogP contribution in [0.1, 0.15) is 113 Å². The van der Waals surface area contributed by atoms with Crippen LogP contribution in [0.4, 0.5) is 0 Å². The minimum absolute atomic E-state index is 0.0455. The normalized spacial score (nSPS) is 45.3. The van der Waals surface area contributed by atoms with Crippen LogP contribution in [-0.2, 0) is 28.6 Å². The molecule has 7 fully saturated rings. The first-order chi connectivity index (χ1) is 18.9. The monoisotopic (exact) mass is 556 g/mol. The average molecular weight is 557 g/mol. The van der Waals surface area contributed by atoms with Crippen LogP contribution in [0.25, 0.3) is 0 Å². The van der Waals surface area contributed by atoms with Crippen molar-refractivity contribution in [2.45, 2.75) is 130 Å². The highest BCUT2D eigenvalue weighted by atomic mass is 16.6. The van der Waals surface area contributed by atoms with Gasteiger partial charge in [0.05, 0.1) is 16.7 Å². The van der Waals surface area contributed by atoms with E-state index in [0.717, 1.165) is 68.1 Å². The first-order valence-electron chi connectivity index (χ1n) is 16.5. The summed E-state index contributed by atoms with van der Waals surface area (Å²) in [7, 11) is 0. The zero-order valence-electron chi connectivity index (χ0n) is 25.9. The van der Waals surface area contributed by atoms with Crippen molar-refractivity contribution in [1.82, 2.24) is 0 Å². The Morgan fingerprint density at radius 1 is 0.850 bits per heavy atom. The van der Waals surface area contributed by atoms with E-state index in [4.69, 9.17) is 14.2 Å². The van der Waals surface area contributed by atoms with Crippen molar-refractivity contribution in [1.29, 1.82) is 0 Å². The van der Waals surface area contributed by atoms with E-state index in [2.05, 4.69) is 13.8 Å². The number of carbonyl (C=O) groups excluding carboxylic acids is 3. The minimum Gasteiger partial charge on any atom is -0.458 e. The Morgan fingerprint density at radius 3 is 2.15 bits per heavy atom. The number of rotatable bonds is 7. The Bertz CT molecular complexity index is 1050. The fraction of sp³-hybridized carbons (Fsp3) is 0.912. The summed E-state index contributed by atoms with van der Waals surface area (Å²) < 4.78 is 17.4. The summed E-state index contributed by atoms with van der Waals surface area (Å²) in [6.07, 6.45) is 11.0. The Morgan fingerprint density at radius 2 is 1.50 bits per heavy atom. The summed E-state index contributed by atoms with van der Waals surface area (Å²) in [5.41, 5.74) is -0.915. The molecule has 7 aliphatic rings. The molecule has 6 saturated carbocycles. The summed E-state index contributed by atoms with van der Waals surface area (Å²) in [5, 5.41) is 0. The van der Waals surface area contributed by atoms with Gasteiger partial charge >= 0.3 is 17.9 Å². The largest absolute Gasteiger partial charge is 0.458 e. The maximum absolute atomic E-state index is 12.7. The zero-order chi connectivity index (χ0) is 28.8. The molecule has 6 bridgehead atoms. The van der Waals surface area contributed by atoms with Gasteiger partial charge in [-0.3, -0.25) is 14.4 Å². The van der Waals surface area contributed by atoms with Gasteiger partial charge in [-0.2, -0.15) is 0 Å². The van der Waals surface area contributed by atoms with E-state index in [-0.39, 0.29) is 47.0 Å². The number of esters is 3. The quantitative estimate of drug-likeness (QED) is 0.196. The third kappa shape index (κ3) is 4.19. The fourth-order valence-electron chi connectivity index (χ4n) is 10.3. The van der Waals surface area contributed by atoms with E-state index in [1.165, 1.54) is 25.7 Å². The fourth-order valence-corrected chi connectivity index (χ4v) is 10.3. The van der Waals surface area contributed by atoms with E-state index in [1.807, 2.05) is 34.6 Å². The highest BCUT2D eigenvalue weighted by molar-refractivity contribution is 5.78. The van der Waals surface area contributed by atoms with Gasteiger partial charge in [0.2, 0.25) is 0 Å². The van der Waals surface area contributed by atoms with Crippen molar-refractivity contribution in [2.24, 2.45) is 64.1 Å². The van der Waals surface area contributed by atoms with Crippen LogP contribution in [0, 0.1) is 64.1 Å². The van der Waals surface area contributed by atoms with Gasteiger partial charge in [-0.25, -0.2) is 0 Å². The molecular weight excluding hydrogens is 504 g/mol. The lowest BCUT2D eigenvalue weighted by molar-refractivity contribution is -0.183. The number of hydrogen-bond donors (Lipinski definition) is 0. The van der Waals surface area contributed by atoms with Crippen LogP contribution < -0.4 is 0 Å². The Balaban J connectivity index is 0.000000148.